The fourth-order valence-corrected chi connectivity index (χ4v) is 1.34. The minimum absolute atomic E-state index is 0.0780. The highest BCUT2D eigenvalue weighted by Crippen LogP contribution is 2.20. The van der Waals surface area contributed by atoms with Gasteiger partial charge in [0.2, 0.25) is 0 Å². The van der Waals surface area contributed by atoms with Crippen LogP contribution in [0, 0.1) is 6.92 Å². The van der Waals surface area contributed by atoms with Crippen molar-refractivity contribution in [2.24, 2.45) is 0 Å². The van der Waals surface area contributed by atoms with Crippen LogP contribution < -0.4 is 10.1 Å². The molecule has 0 heterocycles. The average Bonchev–Trinajstić information content (AvgIpc) is 2.30. The van der Waals surface area contributed by atoms with E-state index in [0.717, 1.165) is 5.56 Å². The second-order valence-electron chi connectivity index (χ2n) is 3.85. The number of aliphatic hydroxyl groups excluding tert-OH is 1. The van der Waals surface area contributed by atoms with Gasteiger partial charge in [0.25, 0.3) is 5.91 Å². The molecule has 0 radical (unpaired) electrons. The maximum absolute atomic E-state index is 11.4. The zero-order valence-corrected chi connectivity index (χ0v) is 10.6. The summed E-state index contributed by atoms with van der Waals surface area (Å²) in [7, 11) is 0. The summed E-state index contributed by atoms with van der Waals surface area (Å²) >= 11 is 5.87. The molecular weight excluding hydrogens is 242 g/mol. The first-order valence-electron chi connectivity index (χ1n) is 5.32. The molecule has 17 heavy (non-hydrogen) atoms. The number of aliphatic hydroxyl groups is 1. The van der Waals surface area contributed by atoms with E-state index in [1.807, 2.05) is 6.92 Å². The molecule has 0 fully saturated rings. The number of hydrogen-bond acceptors (Lipinski definition) is 3. The molecule has 0 saturated heterocycles. The van der Waals surface area contributed by atoms with Crippen LogP contribution >= 0.6 is 11.6 Å². The van der Waals surface area contributed by atoms with E-state index in [9.17, 15) is 4.79 Å². The number of rotatable bonds is 5. The van der Waals surface area contributed by atoms with Gasteiger partial charge in [0.15, 0.2) is 6.61 Å². The molecule has 5 heteroatoms. The highest BCUT2D eigenvalue weighted by Gasteiger charge is 2.07. The molecule has 1 rings (SSSR count). The molecule has 1 atom stereocenters. The predicted molar refractivity (Wildman–Crippen MR) is 66.4 cm³/mol. The number of hydrogen-bond donors (Lipinski definition) is 2. The lowest BCUT2D eigenvalue weighted by Gasteiger charge is -2.11. The van der Waals surface area contributed by atoms with E-state index in [1.54, 1.807) is 25.1 Å². The van der Waals surface area contributed by atoms with Gasteiger partial charge in [0.05, 0.1) is 6.61 Å². The quantitative estimate of drug-likeness (QED) is 0.841. The summed E-state index contributed by atoms with van der Waals surface area (Å²) in [6.07, 6.45) is 0. The van der Waals surface area contributed by atoms with Crippen LogP contribution in [-0.4, -0.2) is 30.3 Å². The Balaban J connectivity index is 2.45. The van der Waals surface area contributed by atoms with E-state index in [4.69, 9.17) is 21.4 Å². The van der Waals surface area contributed by atoms with Crippen LogP contribution in [0.15, 0.2) is 18.2 Å². The number of halogens is 1. The van der Waals surface area contributed by atoms with Gasteiger partial charge in [-0.2, -0.15) is 0 Å². The van der Waals surface area contributed by atoms with Crippen molar-refractivity contribution < 1.29 is 14.6 Å². The average molecular weight is 258 g/mol. The monoisotopic (exact) mass is 257 g/mol. The molecule has 4 nitrogen and oxygen atoms in total. The maximum Gasteiger partial charge on any atom is 0.258 e. The van der Waals surface area contributed by atoms with Crippen molar-refractivity contribution in [2.45, 2.75) is 19.9 Å². The number of amides is 1. The Bertz CT molecular complexity index is 395. The molecule has 1 amide bonds. The van der Waals surface area contributed by atoms with E-state index in [0.29, 0.717) is 10.8 Å². The van der Waals surface area contributed by atoms with Gasteiger partial charge >= 0.3 is 0 Å². The minimum atomic E-state index is -0.266. The summed E-state index contributed by atoms with van der Waals surface area (Å²) in [5.74, 6) is 0.331. The van der Waals surface area contributed by atoms with Crippen LogP contribution in [0.25, 0.3) is 0 Å². The van der Waals surface area contributed by atoms with Gasteiger partial charge < -0.3 is 15.2 Å². The van der Waals surface area contributed by atoms with E-state index in [2.05, 4.69) is 5.32 Å². The zero-order chi connectivity index (χ0) is 12.8. The first kappa shape index (κ1) is 13.8. The summed E-state index contributed by atoms with van der Waals surface area (Å²) in [6, 6.07) is 4.93. The van der Waals surface area contributed by atoms with Crippen LogP contribution in [0.5, 0.6) is 5.75 Å². The lowest BCUT2D eigenvalue weighted by molar-refractivity contribution is -0.123. The van der Waals surface area contributed by atoms with Crippen LogP contribution in [-0.2, 0) is 4.79 Å². The predicted octanol–water partition coefficient (Wildman–Crippen LogP) is 1.52. The number of carbonyl (C=O) groups is 1. The second kappa shape index (κ2) is 6.47. The van der Waals surface area contributed by atoms with E-state index >= 15 is 0 Å². The van der Waals surface area contributed by atoms with Crippen molar-refractivity contribution in [1.82, 2.24) is 5.32 Å². The third kappa shape index (κ3) is 4.63. The Morgan fingerprint density at radius 3 is 2.88 bits per heavy atom. The fraction of sp³-hybridized carbons (Fsp3) is 0.417. The second-order valence-corrected chi connectivity index (χ2v) is 4.26. The number of aryl methyl sites for hydroxylation is 1. The molecule has 94 valence electrons. The summed E-state index contributed by atoms with van der Waals surface area (Å²) in [4.78, 5) is 11.4. The molecule has 2 N–H and O–H groups in total. The molecule has 0 aromatic heterocycles. The maximum atomic E-state index is 11.4. The number of carbonyl (C=O) groups excluding carboxylic acids is 1. The molecule has 0 saturated carbocycles. The van der Waals surface area contributed by atoms with E-state index in [-0.39, 0.29) is 25.2 Å². The molecule has 0 unspecified atom stereocenters. The Hall–Kier alpha value is -1.26. The minimum Gasteiger partial charge on any atom is -0.484 e. The van der Waals surface area contributed by atoms with Crippen LogP contribution in [0.4, 0.5) is 0 Å². The van der Waals surface area contributed by atoms with Crippen LogP contribution in [0.3, 0.4) is 0 Å². The van der Waals surface area contributed by atoms with Crippen LogP contribution in [0.1, 0.15) is 12.5 Å². The van der Waals surface area contributed by atoms with Gasteiger partial charge in [-0.25, -0.2) is 0 Å². The zero-order valence-electron chi connectivity index (χ0n) is 9.87. The summed E-state index contributed by atoms with van der Waals surface area (Å²) in [6.45, 7) is 3.41. The molecule has 0 aliphatic rings. The van der Waals surface area contributed by atoms with Crippen molar-refractivity contribution in [2.75, 3.05) is 13.2 Å². The number of nitrogens with one attached hydrogen (secondary N) is 1. The van der Waals surface area contributed by atoms with Crippen molar-refractivity contribution in [3.05, 3.63) is 28.8 Å². The smallest absolute Gasteiger partial charge is 0.258 e. The first-order valence-corrected chi connectivity index (χ1v) is 5.70. The Kier molecular flexibility index (Phi) is 5.25. The van der Waals surface area contributed by atoms with Gasteiger partial charge in [0.1, 0.15) is 5.75 Å². The highest BCUT2D eigenvalue weighted by atomic mass is 35.5. The molecule has 0 bridgehead atoms. The van der Waals surface area contributed by atoms with E-state index < -0.39 is 0 Å². The summed E-state index contributed by atoms with van der Waals surface area (Å²) in [5.41, 5.74) is 0.897. The van der Waals surface area contributed by atoms with Crippen molar-refractivity contribution in [1.29, 1.82) is 0 Å². The van der Waals surface area contributed by atoms with Crippen molar-refractivity contribution >= 4 is 17.5 Å². The number of benzene rings is 1. The SMILES string of the molecule is Cc1cc(OCC(=O)N[C@H](C)CO)ccc1Cl. The lowest BCUT2D eigenvalue weighted by atomic mass is 10.2. The van der Waals surface area contributed by atoms with Gasteiger partial charge in [-0.15, -0.1) is 0 Å². The third-order valence-corrected chi connectivity index (χ3v) is 2.60. The number of ether oxygens (including phenoxy) is 1. The molecule has 0 aliphatic carbocycles. The third-order valence-electron chi connectivity index (χ3n) is 2.18. The Morgan fingerprint density at radius 1 is 1.59 bits per heavy atom. The van der Waals surface area contributed by atoms with Crippen molar-refractivity contribution in [3.8, 4) is 5.75 Å². The first-order chi connectivity index (χ1) is 8.02. The van der Waals surface area contributed by atoms with Gasteiger partial charge in [0, 0.05) is 11.1 Å². The van der Waals surface area contributed by atoms with Gasteiger partial charge in [-0.05, 0) is 37.6 Å². The summed E-state index contributed by atoms with van der Waals surface area (Å²) < 4.78 is 5.30. The topological polar surface area (TPSA) is 58.6 Å². The lowest BCUT2D eigenvalue weighted by Crippen LogP contribution is -2.38. The van der Waals surface area contributed by atoms with Crippen LogP contribution in [0.2, 0.25) is 5.02 Å². The molecular formula is C12H16ClNO3. The normalized spacial score (nSPS) is 12.0. The standard InChI is InChI=1S/C12H16ClNO3/c1-8-5-10(3-4-11(8)13)17-7-12(16)14-9(2)6-15/h3-5,9,15H,6-7H2,1-2H3,(H,14,16)/t9-/m1/s1. The Labute approximate surface area is 106 Å². The van der Waals surface area contributed by atoms with E-state index in [1.165, 1.54) is 0 Å². The van der Waals surface area contributed by atoms with Gasteiger partial charge in [-0.1, -0.05) is 11.6 Å². The Morgan fingerprint density at radius 2 is 2.29 bits per heavy atom. The molecule has 1 aromatic rings. The molecule has 0 aliphatic heterocycles. The summed E-state index contributed by atoms with van der Waals surface area (Å²) in [5, 5.41) is 12.0. The van der Waals surface area contributed by atoms with Crippen molar-refractivity contribution in [3.63, 3.8) is 0 Å². The van der Waals surface area contributed by atoms with Gasteiger partial charge in [-0.3, -0.25) is 4.79 Å². The molecule has 0 spiro atoms. The highest BCUT2D eigenvalue weighted by molar-refractivity contribution is 6.31. The fourth-order valence-electron chi connectivity index (χ4n) is 1.22. The largest absolute Gasteiger partial charge is 0.484 e. The molecule has 1 aromatic carbocycles.